The van der Waals surface area contributed by atoms with Gasteiger partial charge in [0.15, 0.2) is 0 Å². The Kier molecular flexibility index (Phi) is 3.81. The van der Waals surface area contributed by atoms with Crippen LogP contribution in [0.2, 0.25) is 5.02 Å². The summed E-state index contributed by atoms with van der Waals surface area (Å²) in [4.78, 5) is 11.7. The van der Waals surface area contributed by atoms with E-state index in [1.807, 2.05) is 20.8 Å². The Bertz CT molecular complexity index is 396. The summed E-state index contributed by atoms with van der Waals surface area (Å²) >= 11 is 5.76. The summed E-state index contributed by atoms with van der Waals surface area (Å²) in [6.45, 7) is 6.60. The van der Waals surface area contributed by atoms with E-state index >= 15 is 0 Å². The molecule has 0 atom stereocenters. The summed E-state index contributed by atoms with van der Waals surface area (Å²) < 4.78 is 0. The first-order valence-electron chi connectivity index (χ1n) is 5.06. The van der Waals surface area contributed by atoms with Crippen molar-refractivity contribution in [1.29, 1.82) is 0 Å². The van der Waals surface area contributed by atoms with E-state index in [1.54, 1.807) is 0 Å². The first-order valence-corrected chi connectivity index (χ1v) is 5.44. The largest absolute Gasteiger partial charge is 0.507 e. The molecule has 0 aromatic heterocycles. The number of hydrogen-bond acceptors (Lipinski definition) is 2. The van der Waals surface area contributed by atoms with Gasteiger partial charge in [-0.2, -0.15) is 0 Å². The quantitative estimate of drug-likeness (QED) is 0.837. The highest BCUT2D eigenvalue weighted by molar-refractivity contribution is 6.31. The fraction of sp³-hybridized carbons (Fsp3) is 0.417. The third-order valence-corrected chi connectivity index (χ3v) is 2.22. The first kappa shape index (κ1) is 12.8. The minimum atomic E-state index is -0.310. The summed E-state index contributed by atoms with van der Waals surface area (Å²) in [6.07, 6.45) is 0. The molecule has 1 rings (SSSR count). The highest BCUT2D eigenvalue weighted by atomic mass is 35.5. The van der Waals surface area contributed by atoms with E-state index in [0.29, 0.717) is 11.6 Å². The lowest BCUT2D eigenvalue weighted by molar-refractivity contribution is 0.0936. The van der Waals surface area contributed by atoms with Gasteiger partial charge in [0.2, 0.25) is 0 Å². The highest BCUT2D eigenvalue weighted by Crippen LogP contribution is 2.21. The van der Waals surface area contributed by atoms with Crippen LogP contribution in [0.1, 0.15) is 31.1 Å². The second kappa shape index (κ2) is 4.74. The summed E-state index contributed by atoms with van der Waals surface area (Å²) in [6, 6.07) is 4.40. The van der Waals surface area contributed by atoms with Crippen LogP contribution in [0.25, 0.3) is 0 Å². The van der Waals surface area contributed by atoms with Gasteiger partial charge in [0.25, 0.3) is 5.91 Å². The zero-order valence-corrected chi connectivity index (χ0v) is 10.4. The van der Waals surface area contributed by atoms with Crippen LogP contribution in [-0.4, -0.2) is 17.6 Å². The van der Waals surface area contributed by atoms with Crippen LogP contribution in [0.4, 0.5) is 0 Å². The molecule has 0 aliphatic rings. The van der Waals surface area contributed by atoms with E-state index in [9.17, 15) is 9.90 Å². The SMILES string of the molecule is CC(C)(C)CNC(=O)c1cc(Cl)ccc1O. The molecule has 0 spiro atoms. The monoisotopic (exact) mass is 241 g/mol. The number of carbonyl (C=O) groups is 1. The van der Waals surface area contributed by atoms with Crippen molar-refractivity contribution < 1.29 is 9.90 Å². The molecular weight excluding hydrogens is 226 g/mol. The summed E-state index contributed by atoms with van der Waals surface area (Å²) in [5.41, 5.74) is 0.209. The maximum absolute atomic E-state index is 11.7. The van der Waals surface area contributed by atoms with Crippen molar-refractivity contribution in [3.8, 4) is 5.75 Å². The Labute approximate surface area is 100 Å². The van der Waals surface area contributed by atoms with Crippen LogP contribution in [0.5, 0.6) is 5.75 Å². The molecule has 0 unspecified atom stereocenters. The minimum absolute atomic E-state index is 0.00382. The molecule has 4 heteroatoms. The molecule has 1 aromatic carbocycles. The number of carbonyl (C=O) groups excluding carboxylic acids is 1. The Balaban J connectivity index is 2.77. The van der Waals surface area contributed by atoms with Crippen molar-refractivity contribution >= 4 is 17.5 Å². The van der Waals surface area contributed by atoms with Gasteiger partial charge in [0, 0.05) is 11.6 Å². The van der Waals surface area contributed by atoms with Crippen molar-refractivity contribution in [3.63, 3.8) is 0 Å². The number of phenols is 1. The Morgan fingerprint density at radius 2 is 2.06 bits per heavy atom. The number of phenolic OH excluding ortho intramolecular Hbond substituents is 1. The van der Waals surface area contributed by atoms with Gasteiger partial charge >= 0.3 is 0 Å². The minimum Gasteiger partial charge on any atom is -0.507 e. The van der Waals surface area contributed by atoms with Crippen LogP contribution in [0.15, 0.2) is 18.2 Å². The van der Waals surface area contributed by atoms with E-state index in [1.165, 1.54) is 18.2 Å². The van der Waals surface area contributed by atoms with Crippen molar-refractivity contribution in [2.45, 2.75) is 20.8 Å². The predicted octanol–water partition coefficient (Wildman–Crippen LogP) is 2.82. The lowest BCUT2D eigenvalue weighted by Gasteiger charge is -2.18. The number of rotatable bonds is 2. The Hall–Kier alpha value is -1.22. The summed E-state index contributed by atoms with van der Waals surface area (Å²) in [7, 11) is 0. The molecule has 0 bridgehead atoms. The average Bonchev–Trinajstić information content (AvgIpc) is 2.17. The van der Waals surface area contributed by atoms with Gasteiger partial charge in [-0.05, 0) is 23.6 Å². The van der Waals surface area contributed by atoms with Crippen molar-refractivity contribution in [2.75, 3.05) is 6.54 Å². The number of amides is 1. The molecule has 1 amide bonds. The molecule has 2 N–H and O–H groups in total. The van der Waals surface area contributed by atoms with Gasteiger partial charge in [-0.1, -0.05) is 32.4 Å². The first-order chi connectivity index (χ1) is 7.29. The highest BCUT2D eigenvalue weighted by Gasteiger charge is 2.15. The van der Waals surface area contributed by atoms with E-state index in [0.717, 1.165) is 0 Å². The second-order valence-corrected chi connectivity index (χ2v) is 5.34. The molecule has 0 saturated carbocycles. The molecule has 3 nitrogen and oxygen atoms in total. The fourth-order valence-corrected chi connectivity index (χ4v) is 1.30. The predicted molar refractivity (Wildman–Crippen MR) is 64.9 cm³/mol. The van der Waals surface area contributed by atoms with Crippen molar-refractivity contribution in [1.82, 2.24) is 5.32 Å². The topological polar surface area (TPSA) is 49.3 Å². The number of hydrogen-bond donors (Lipinski definition) is 2. The van der Waals surface area contributed by atoms with Gasteiger partial charge < -0.3 is 10.4 Å². The number of aromatic hydroxyl groups is 1. The number of benzene rings is 1. The molecule has 0 radical (unpaired) electrons. The van der Waals surface area contributed by atoms with Gasteiger partial charge in [-0.15, -0.1) is 0 Å². The molecule has 0 aliphatic carbocycles. The van der Waals surface area contributed by atoms with Gasteiger partial charge in [-0.25, -0.2) is 0 Å². The van der Waals surface area contributed by atoms with Crippen LogP contribution < -0.4 is 5.32 Å². The van der Waals surface area contributed by atoms with E-state index in [-0.39, 0.29) is 22.6 Å². The van der Waals surface area contributed by atoms with Crippen LogP contribution in [-0.2, 0) is 0 Å². The van der Waals surface area contributed by atoms with Gasteiger partial charge in [0.05, 0.1) is 5.56 Å². The van der Waals surface area contributed by atoms with Crippen LogP contribution in [0, 0.1) is 5.41 Å². The Morgan fingerprint density at radius 1 is 1.44 bits per heavy atom. The van der Waals surface area contributed by atoms with Crippen LogP contribution >= 0.6 is 11.6 Å². The molecule has 0 heterocycles. The maximum atomic E-state index is 11.7. The van der Waals surface area contributed by atoms with Crippen LogP contribution in [0.3, 0.4) is 0 Å². The molecule has 88 valence electrons. The van der Waals surface area contributed by atoms with E-state index < -0.39 is 0 Å². The smallest absolute Gasteiger partial charge is 0.255 e. The number of halogens is 1. The Morgan fingerprint density at radius 3 is 2.62 bits per heavy atom. The third-order valence-electron chi connectivity index (χ3n) is 1.98. The van der Waals surface area contributed by atoms with E-state index in [4.69, 9.17) is 11.6 Å². The van der Waals surface area contributed by atoms with Gasteiger partial charge in [-0.3, -0.25) is 4.79 Å². The average molecular weight is 242 g/mol. The normalized spacial score (nSPS) is 11.2. The van der Waals surface area contributed by atoms with Crippen molar-refractivity contribution in [2.24, 2.45) is 5.41 Å². The standard InChI is InChI=1S/C12H16ClNO2/c1-12(2,3)7-14-11(16)9-6-8(13)4-5-10(9)15/h4-6,15H,7H2,1-3H3,(H,14,16). The summed E-state index contributed by atoms with van der Waals surface area (Å²) in [5.74, 6) is -0.370. The zero-order valence-electron chi connectivity index (χ0n) is 9.67. The molecule has 16 heavy (non-hydrogen) atoms. The lowest BCUT2D eigenvalue weighted by Crippen LogP contribution is -2.32. The molecule has 1 aromatic rings. The fourth-order valence-electron chi connectivity index (χ4n) is 1.13. The van der Waals surface area contributed by atoms with Gasteiger partial charge in [0.1, 0.15) is 5.75 Å². The maximum Gasteiger partial charge on any atom is 0.255 e. The molecule has 0 saturated heterocycles. The zero-order chi connectivity index (χ0) is 12.3. The second-order valence-electron chi connectivity index (χ2n) is 4.90. The third kappa shape index (κ3) is 3.74. The summed E-state index contributed by atoms with van der Waals surface area (Å²) in [5, 5.41) is 12.7. The lowest BCUT2D eigenvalue weighted by atomic mass is 9.97. The van der Waals surface area contributed by atoms with E-state index in [2.05, 4.69) is 5.32 Å². The molecular formula is C12H16ClNO2. The van der Waals surface area contributed by atoms with Crippen molar-refractivity contribution in [3.05, 3.63) is 28.8 Å². The number of nitrogens with one attached hydrogen (secondary N) is 1. The molecule has 0 aliphatic heterocycles. The molecule has 0 fully saturated rings.